The maximum absolute atomic E-state index is 13.4. The molecule has 7 nitrogen and oxygen atoms in total. The molecule has 2 aromatic rings. The summed E-state index contributed by atoms with van der Waals surface area (Å²) in [6.45, 7) is 4.10. The minimum absolute atomic E-state index is 0.157. The molecule has 0 aliphatic carbocycles. The fourth-order valence-electron chi connectivity index (χ4n) is 3.47. The van der Waals surface area contributed by atoms with E-state index in [1.807, 2.05) is 13.0 Å². The van der Waals surface area contributed by atoms with E-state index in [4.69, 9.17) is 9.47 Å². The molecule has 2 atom stereocenters. The second-order valence-electron chi connectivity index (χ2n) is 7.11. The Hall–Kier alpha value is -2.03. The van der Waals surface area contributed by atoms with E-state index in [9.17, 15) is 13.2 Å². The predicted molar refractivity (Wildman–Crippen MR) is 99.3 cm³/mol. The lowest BCUT2D eigenvalue weighted by molar-refractivity contribution is -0.00919. The number of aldehydes is 1. The first-order chi connectivity index (χ1) is 12.8. The van der Waals surface area contributed by atoms with Gasteiger partial charge in [0.15, 0.2) is 16.1 Å². The van der Waals surface area contributed by atoms with E-state index in [0.717, 1.165) is 5.56 Å². The van der Waals surface area contributed by atoms with Crippen LogP contribution >= 0.6 is 0 Å². The Bertz CT molecular complexity index is 937. The Morgan fingerprint density at radius 1 is 1.41 bits per heavy atom. The lowest BCUT2D eigenvalue weighted by Crippen LogP contribution is -2.42. The van der Waals surface area contributed by atoms with Gasteiger partial charge in [-0.15, -0.1) is 0 Å². The maximum atomic E-state index is 13.4. The van der Waals surface area contributed by atoms with Gasteiger partial charge in [-0.25, -0.2) is 13.1 Å². The summed E-state index contributed by atoms with van der Waals surface area (Å²) in [7, 11) is -2.03. The highest BCUT2D eigenvalue weighted by atomic mass is 32.2. The van der Waals surface area contributed by atoms with Crippen molar-refractivity contribution in [3.63, 3.8) is 0 Å². The van der Waals surface area contributed by atoms with Gasteiger partial charge in [0, 0.05) is 13.7 Å². The van der Waals surface area contributed by atoms with E-state index in [1.165, 1.54) is 7.11 Å². The Morgan fingerprint density at radius 2 is 2.19 bits per heavy atom. The Morgan fingerprint density at radius 3 is 2.85 bits per heavy atom. The molecular formula is C19H24N2O5S. The van der Waals surface area contributed by atoms with Crippen LogP contribution in [0.1, 0.15) is 47.6 Å². The van der Waals surface area contributed by atoms with Crippen molar-refractivity contribution < 1.29 is 22.7 Å². The van der Waals surface area contributed by atoms with Crippen LogP contribution < -0.4 is 0 Å². The molecule has 1 aliphatic heterocycles. The third-order valence-electron chi connectivity index (χ3n) is 5.05. The molecule has 0 N–H and O–H groups in total. The van der Waals surface area contributed by atoms with E-state index >= 15 is 0 Å². The van der Waals surface area contributed by atoms with Crippen molar-refractivity contribution in [3.05, 3.63) is 47.3 Å². The number of ether oxygens (including phenoxy) is 2. The van der Waals surface area contributed by atoms with Crippen LogP contribution in [0, 0.1) is 6.92 Å². The number of carbonyl (C=O) groups excluding carboxylic acids is 1. The molecule has 2 unspecified atom stereocenters. The van der Waals surface area contributed by atoms with Gasteiger partial charge in [-0.2, -0.15) is 5.10 Å². The molecule has 0 saturated carbocycles. The molecule has 1 aromatic carbocycles. The van der Waals surface area contributed by atoms with Crippen LogP contribution in [0.3, 0.4) is 0 Å². The number of hydrogen-bond donors (Lipinski definition) is 0. The van der Waals surface area contributed by atoms with Crippen molar-refractivity contribution in [1.82, 2.24) is 9.78 Å². The van der Waals surface area contributed by atoms with Gasteiger partial charge in [0.25, 0.3) is 0 Å². The van der Waals surface area contributed by atoms with E-state index in [1.54, 1.807) is 35.9 Å². The summed E-state index contributed by atoms with van der Waals surface area (Å²) in [4.78, 5) is 11.4. The van der Waals surface area contributed by atoms with E-state index in [0.29, 0.717) is 29.9 Å². The van der Waals surface area contributed by atoms with Crippen LogP contribution in [-0.4, -0.2) is 42.9 Å². The normalized spacial score (nSPS) is 23.3. The lowest BCUT2D eigenvalue weighted by atomic mass is 9.94. The van der Waals surface area contributed by atoms with Gasteiger partial charge in [0.05, 0.1) is 15.3 Å². The summed E-state index contributed by atoms with van der Waals surface area (Å²) in [5, 5.41) is 4.17. The third-order valence-corrected chi connectivity index (χ3v) is 7.59. The van der Waals surface area contributed by atoms with Crippen molar-refractivity contribution in [1.29, 1.82) is 0 Å². The standard InChI is InChI=1S/C19H24N2O5S/c1-14-5-4-6-16(9-14)27(23,24)19(2)7-8-26-18(11-19)17-10-15(12-22)20-21(17)13-25-3/h4-6,9-10,12,18H,7-8,11,13H2,1-3H3. The van der Waals surface area contributed by atoms with Gasteiger partial charge in [-0.05, 0) is 50.5 Å². The highest BCUT2D eigenvalue weighted by Gasteiger charge is 2.45. The quantitative estimate of drug-likeness (QED) is 0.703. The number of aryl methyl sites for hydroxylation is 1. The van der Waals surface area contributed by atoms with Crippen LogP contribution in [-0.2, 0) is 26.0 Å². The molecule has 1 aromatic heterocycles. The van der Waals surface area contributed by atoms with Gasteiger partial charge in [-0.1, -0.05) is 12.1 Å². The number of carbonyl (C=O) groups is 1. The smallest absolute Gasteiger partial charge is 0.184 e. The Labute approximate surface area is 159 Å². The molecule has 0 spiro atoms. The van der Waals surface area contributed by atoms with E-state index in [2.05, 4.69) is 5.10 Å². The van der Waals surface area contributed by atoms with Crippen LogP contribution in [0.2, 0.25) is 0 Å². The summed E-state index contributed by atoms with van der Waals surface area (Å²) < 4.78 is 38.3. The van der Waals surface area contributed by atoms with Gasteiger partial charge in [0.2, 0.25) is 0 Å². The van der Waals surface area contributed by atoms with E-state index < -0.39 is 20.7 Å². The molecule has 0 radical (unpaired) electrons. The molecule has 0 amide bonds. The zero-order valence-electron chi connectivity index (χ0n) is 15.7. The Kier molecular flexibility index (Phi) is 5.50. The molecule has 1 saturated heterocycles. The van der Waals surface area contributed by atoms with Crippen LogP contribution in [0.15, 0.2) is 35.2 Å². The zero-order chi connectivity index (χ0) is 19.7. The average molecular weight is 392 g/mol. The summed E-state index contributed by atoms with van der Waals surface area (Å²) in [5.74, 6) is 0. The molecule has 0 bridgehead atoms. The zero-order valence-corrected chi connectivity index (χ0v) is 16.5. The number of nitrogens with zero attached hydrogens (tertiary/aromatic N) is 2. The van der Waals surface area contributed by atoms with Gasteiger partial charge >= 0.3 is 0 Å². The SMILES string of the molecule is COCn1nc(C=O)cc1C1CC(C)(S(=O)(=O)c2cccc(C)c2)CCO1. The largest absolute Gasteiger partial charge is 0.372 e. The lowest BCUT2D eigenvalue weighted by Gasteiger charge is -2.37. The molecule has 8 heteroatoms. The fraction of sp³-hybridized carbons (Fsp3) is 0.474. The third kappa shape index (κ3) is 3.69. The first-order valence-electron chi connectivity index (χ1n) is 8.75. The molecular weight excluding hydrogens is 368 g/mol. The summed E-state index contributed by atoms with van der Waals surface area (Å²) in [6.07, 6.45) is 0.844. The monoisotopic (exact) mass is 392 g/mol. The van der Waals surface area contributed by atoms with Gasteiger partial charge in [0.1, 0.15) is 18.5 Å². The van der Waals surface area contributed by atoms with Gasteiger partial charge in [-0.3, -0.25) is 4.79 Å². The molecule has 146 valence electrons. The minimum atomic E-state index is -3.56. The molecule has 1 aliphatic rings. The van der Waals surface area contributed by atoms with Crippen molar-refractivity contribution in [2.75, 3.05) is 13.7 Å². The first-order valence-corrected chi connectivity index (χ1v) is 10.2. The second-order valence-corrected chi connectivity index (χ2v) is 9.58. The highest BCUT2D eigenvalue weighted by molar-refractivity contribution is 7.92. The minimum Gasteiger partial charge on any atom is -0.372 e. The molecule has 27 heavy (non-hydrogen) atoms. The number of methoxy groups -OCH3 is 1. The van der Waals surface area contributed by atoms with Crippen LogP contribution in [0.4, 0.5) is 0 Å². The van der Waals surface area contributed by atoms with Crippen molar-refractivity contribution in [2.45, 2.75) is 49.2 Å². The number of hydrogen-bond acceptors (Lipinski definition) is 6. The number of sulfone groups is 1. The first kappa shape index (κ1) is 19.7. The van der Waals surface area contributed by atoms with Crippen molar-refractivity contribution in [2.24, 2.45) is 0 Å². The van der Waals surface area contributed by atoms with Crippen LogP contribution in [0.5, 0.6) is 0 Å². The molecule has 1 fully saturated rings. The van der Waals surface area contributed by atoms with Crippen molar-refractivity contribution >= 4 is 16.1 Å². The number of aromatic nitrogens is 2. The fourth-order valence-corrected chi connectivity index (χ4v) is 5.36. The average Bonchev–Trinajstić information content (AvgIpc) is 3.05. The van der Waals surface area contributed by atoms with E-state index in [-0.39, 0.29) is 18.8 Å². The molecule has 3 rings (SSSR count). The maximum Gasteiger partial charge on any atom is 0.184 e. The predicted octanol–water partition coefficient (Wildman–Crippen LogP) is 2.69. The topological polar surface area (TPSA) is 87.5 Å². The number of rotatable bonds is 6. The summed E-state index contributed by atoms with van der Waals surface area (Å²) in [5.41, 5.74) is 1.81. The van der Waals surface area contributed by atoms with Crippen molar-refractivity contribution in [3.8, 4) is 0 Å². The Balaban J connectivity index is 1.96. The van der Waals surface area contributed by atoms with Gasteiger partial charge < -0.3 is 9.47 Å². The molecule has 2 heterocycles. The summed E-state index contributed by atoms with van der Waals surface area (Å²) >= 11 is 0. The highest BCUT2D eigenvalue weighted by Crippen LogP contribution is 2.42. The number of benzene rings is 1. The second kappa shape index (κ2) is 7.53. The summed E-state index contributed by atoms with van der Waals surface area (Å²) in [6, 6.07) is 8.59. The van der Waals surface area contributed by atoms with Crippen LogP contribution in [0.25, 0.3) is 0 Å².